The summed E-state index contributed by atoms with van der Waals surface area (Å²) in [6.45, 7) is 5.66. The van der Waals surface area contributed by atoms with Gasteiger partial charge in [0.25, 0.3) is 11.1 Å². The second kappa shape index (κ2) is 7.91. The molecule has 0 aliphatic carbocycles. The molecule has 1 aromatic rings. The number of carbonyl (C=O) groups excluding carboxylic acids is 3. The zero-order valence-corrected chi connectivity index (χ0v) is 16.0. The summed E-state index contributed by atoms with van der Waals surface area (Å²) in [6, 6.07) is 2.38. The quantitative estimate of drug-likeness (QED) is 0.538. The third-order valence-electron chi connectivity index (χ3n) is 3.93. The molecule has 1 aromatic carbocycles. The Morgan fingerprint density at radius 2 is 1.96 bits per heavy atom. The van der Waals surface area contributed by atoms with Crippen LogP contribution in [-0.2, 0) is 14.3 Å². The lowest BCUT2D eigenvalue weighted by atomic mass is 10.1. The maximum Gasteiger partial charge on any atom is 0.329 e. The van der Waals surface area contributed by atoms with Crippen LogP contribution in [0.15, 0.2) is 17.0 Å². The van der Waals surface area contributed by atoms with Crippen molar-refractivity contribution >= 4 is 35.0 Å². The van der Waals surface area contributed by atoms with Gasteiger partial charge in [-0.2, -0.15) is 0 Å². The fraction of sp³-hybridized carbons (Fsp3) is 0.389. The molecule has 27 heavy (non-hydrogen) atoms. The second-order valence-corrected chi connectivity index (χ2v) is 6.65. The van der Waals surface area contributed by atoms with Crippen molar-refractivity contribution in [2.75, 3.05) is 20.0 Å². The van der Waals surface area contributed by atoms with Crippen LogP contribution >= 0.6 is 11.8 Å². The molecule has 9 heteroatoms. The number of fused-ring (bicyclic) bond motifs is 1. The lowest BCUT2D eigenvalue weighted by Gasteiger charge is -2.19. The first kappa shape index (κ1) is 19.1. The zero-order valence-electron chi connectivity index (χ0n) is 15.1. The van der Waals surface area contributed by atoms with Crippen LogP contribution in [-0.4, -0.2) is 48.1 Å². The predicted octanol–water partition coefficient (Wildman–Crippen LogP) is 2.80. The van der Waals surface area contributed by atoms with Crippen LogP contribution in [0.2, 0.25) is 0 Å². The third-order valence-corrected chi connectivity index (χ3v) is 4.81. The Hall–Kier alpha value is -2.68. The van der Waals surface area contributed by atoms with E-state index in [4.69, 9.17) is 18.9 Å². The van der Waals surface area contributed by atoms with Crippen molar-refractivity contribution < 1.29 is 33.3 Å². The summed E-state index contributed by atoms with van der Waals surface area (Å²) in [5.41, 5.74) is 0.579. The molecule has 2 aliphatic rings. The van der Waals surface area contributed by atoms with E-state index < -0.39 is 23.2 Å². The Balaban J connectivity index is 1.91. The van der Waals surface area contributed by atoms with E-state index in [2.05, 4.69) is 0 Å². The van der Waals surface area contributed by atoms with E-state index in [1.807, 2.05) is 6.92 Å². The molecule has 1 saturated heterocycles. The molecule has 0 radical (unpaired) electrons. The summed E-state index contributed by atoms with van der Waals surface area (Å²) in [6.07, 6.45) is 1.55. The fourth-order valence-corrected chi connectivity index (χ4v) is 3.55. The third kappa shape index (κ3) is 3.73. The van der Waals surface area contributed by atoms with E-state index in [9.17, 15) is 14.4 Å². The average Bonchev–Trinajstić information content (AvgIpc) is 3.19. The summed E-state index contributed by atoms with van der Waals surface area (Å²) in [5, 5.41) is -0.523. The first-order valence-electron chi connectivity index (χ1n) is 8.46. The van der Waals surface area contributed by atoms with Crippen LogP contribution in [0.5, 0.6) is 17.2 Å². The molecule has 8 nitrogen and oxygen atoms in total. The Morgan fingerprint density at radius 3 is 2.63 bits per heavy atom. The Bertz CT molecular complexity index is 820. The van der Waals surface area contributed by atoms with Gasteiger partial charge in [-0.15, -0.1) is 0 Å². The summed E-state index contributed by atoms with van der Waals surface area (Å²) >= 11 is 0.764. The molecule has 0 spiro atoms. The lowest BCUT2D eigenvalue weighted by Crippen LogP contribution is -2.42. The molecule has 0 unspecified atom stereocenters. The van der Waals surface area contributed by atoms with Crippen molar-refractivity contribution in [1.29, 1.82) is 0 Å². The summed E-state index contributed by atoms with van der Waals surface area (Å²) in [7, 11) is 0. The van der Waals surface area contributed by atoms with E-state index in [0.29, 0.717) is 29.4 Å². The van der Waals surface area contributed by atoms with Crippen LogP contribution in [0.25, 0.3) is 6.08 Å². The highest BCUT2D eigenvalue weighted by atomic mass is 32.2. The summed E-state index contributed by atoms with van der Waals surface area (Å²) < 4.78 is 21.2. The molecule has 0 aromatic heterocycles. The largest absolute Gasteiger partial charge is 0.493 e. The highest BCUT2D eigenvalue weighted by Gasteiger charge is 2.41. The molecule has 0 saturated carbocycles. The number of thioether (sulfide) groups is 1. The van der Waals surface area contributed by atoms with Gasteiger partial charge in [0, 0.05) is 11.6 Å². The number of nitrogens with zero attached hydrogens (tertiary/aromatic N) is 1. The lowest BCUT2D eigenvalue weighted by molar-refractivity contribution is -0.150. The van der Waals surface area contributed by atoms with Crippen molar-refractivity contribution in [3.05, 3.63) is 22.6 Å². The average molecular weight is 393 g/mol. The normalized spacial score (nSPS) is 18.2. The minimum absolute atomic E-state index is 0.109. The number of amides is 2. The number of hydrogen-bond acceptors (Lipinski definition) is 8. The number of imide groups is 1. The standard InChI is InChI=1S/C18H19NO7S/c1-4-23-12-8-14-13(25-9-26-14)6-11(12)7-15-16(20)19(18(22)27-15)10(3)17(21)24-5-2/h6-8,10H,4-5,9H2,1-3H3/b15-7+/t10-/m0/s1. The maximum absolute atomic E-state index is 12.7. The van der Waals surface area contributed by atoms with E-state index in [1.165, 1.54) is 6.92 Å². The minimum Gasteiger partial charge on any atom is -0.493 e. The van der Waals surface area contributed by atoms with Gasteiger partial charge in [0.05, 0.1) is 18.1 Å². The molecule has 1 fully saturated rings. The number of esters is 1. The van der Waals surface area contributed by atoms with Gasteiger partial charge >= 0.3 is 5.97 Å². The van der Waals surface area contributed by atoms with Crippen molar-refractivity contribution in [3.8, 4) is 17.2 Å². The van der Waals surface area contributed by atoms with Crippen LogP contribution in [0.4, 0.5) is 4.79 Å². The number of carbonyl (C=O) groups is 3. The Labute approximate surface area is 160 Å². The van der Waals surface area contributed by atoms with Crippen LogP contribution in [0.3, 0.4) is 0 Å². The highest BCUT2D eigenvalue weighted by Crippen LogP contribution is 2.41. The molecule has 144 valence electrons. The molecule has 3 rings (SSSR count). The smallest absolute Gasteiger partial charge is 0.329 e. The molecule has 2 heterocycles. The van der Waals surface area contributed by atoms with E-state index >= 15 is 0 Å². The fourth-order valence-electron chi connectivity index (χ4n) is 2.66. The van der Waals surface area contributed by atoms with Crippen LogP contribution in [0, 0.1) is 0 Å². The Morgan fingerprint density at radius 1 is 1.26 bits per heavy atom. The number of rotatable bonds is 6. The molecule has 2 aliphatic heterocycles. The molecule has 0 N–H and O–H groups in total. The summed E-state index contributed by atoms with van der Waals surface area (Å²) in [5.74, 6) is 0.417. The Kier molecular flexibility index (Phi) is 5.59. The van der Waals surface area contributed by atoms with E-state index in [1.54, 1.807) is 25.1 Å². The first-order valence-corrected chi connectivity index (χ1v) is 9.28. The van der Waals surface area contributed by atoms with Crippen molar-refractivity contribution in [3.63, 3.8) is 0 Å². The van der Waals surface area contributed by atoms with Gasteiger partial charge in [-0.3, -0.25) is 14.5 Å². The van der Waals surface area contributed by atoms with Gasteiger partial charge < -0.3 is 18.9 Å². The van der Waals surface area contributed by atoms with Gasteiger partial charge in [0.2, 0.25) is 6.79 Å². The molecule has 1 atom stereocenters. The molecule has 0 bridgehead atoms. The van der Waals surface area contributed by atoms with Crippen LogP contribution < -0.4 is 14.2 Å². The monoisotopic (exact) mass is 393 g/mol. The first-order chi connectivity index (χ1) is 13.0. The summed E-state index contributed by atoms with van der Waals surface area (Å²) in [4.78, 5) is 38.0. The van der Waals surface area contributed by atoms with Gasteiger partial charge in [0.15, 0.2) is 11.5 Å². The topological polar surface area (TPSA) is 91.4 Å². The molecular formula is C18H19NO7S. The SMILES string of the molecule is CCOC(=O)[C@H](C)N1C(=O)S/C(=C/c2cc3c(cc2OCC)OCO3)C1=O. The molecular weight excluding hydrogens is 374 g/mol. The minimum atomic E-state index is -0.994. The number of benzene rings is 1. The van der Waals surface area contributed by atoms with Gasteiger partial charge in [-0.1, -0.05) is 0 Å². The maximum atomic E-state index is 12.7. The van der Waals surface area contributed by atoms with E-state index in [0.717, 1.165) is 16.7 Å². The molecule has 2 amide bonds. The van der Waals surface area contributed by atoms with Crippen molar-refractivity contribution in [2.45, 2.75) is 26.8 Å². The second-order valence-electron chi connectivity index (χ2n) is 5.66. The van der Waals surface area contributed by atoms with Gasteiger partial charge in [-0.05, 0) is 44.7 Å². The van der Waals surface area contributed by atoms with Gasteiger partial charge in [0.1, 0.15) is 11.8 Å². The number of hydrogen-bond donors (Lipinski definition) is 0. The van der Waals surface area contributed by atoms with E-state index in [-0.39, 0.29) is 18.3 Å². The highest BCUT2D eigenvalue weighted by molar-refractivity contribution is 8.18. The van der Waals surface area contributed by atoms with Crippen molar-refractivity contribution in [1.82, 2.24) is 4.90 Å². The van der Waals surface area contributed by atoms with Crippen LogP contribution in [0.1, 0.15) is 26.3 Å². The number of ether oxygens (including phenoxy) is 4. The van der Waals surface area contributed by atoms with Crippen molar-refractivity contribution in [2.24, 2.45) is 0 Å². The predicted molar refractivity (Wildman–Crippen MR) is 97.6 cm³/mol. The van der Waals surface area contributed by atoms with Gasteiger partial charge in [-0.25, -0.2) is 4.79 Å². The zero-order chi connectivity index (χ0) is 19.6.